The molecular formula is C16H24N2O. The quantitative estimate of drug-likeness (QED) is 0.823. The first kappa shape index (κ1) is 14.2. The Kier molecular flexibility index (Phi) is 5.11. The highest BCUT2D eigenvalue weighted by Gasteiger charge is 2.21. The van der Waals surface area contributed by atoms with E-state index in [4.69, 9.17) is 0 Å². The van der Waals surface area contributed by atoms with Gasteiger partial charge in [0.15, 0.2) is 5.78 Å². The lowest BCUT2D eigenvalue weighted by atomic mass is 10.00. The summed E-state index contributed by atoms with van der Waals surface area (Å²) in [6, 6.07) is 8.45. The summed E-state index contributed by atoms with van der Waals surface area (Å²) in [4.78, 5) is 14.6. The summed E-state index contributed by atoms with van der Waals surface area (Å²) in [7, 11) is 2.10. The summed E-state index contributed by atoms with van der Waals surface area (Å²) in [5.74, 6) is 0.253. The minimum atomic E-state index is 0.253. The second kappa shape index (κ2) is 6.83. The predicted octanol–water partition coefficient (Wildman–Crippen LogP) is 2.12. The topological polar surface area (TPSA) is 32.3 Å². The molecule has 1 aromatic carbocycles. The van der Waals surface area contributed by atoms with Crippen LogP contribution in [0.3, 0.4) is 0 Å². The molecule has 2 rings (SSSR count). The van der Waals surface area contributed by atoms with Gasteiger partial charge in [0.05, 0.1) is 0 Å². The first-order chi connectivity index (χ1) is 9.20. The molecule has 0 spiro atoms. The summed E-state index contributed by atoms with van der Waals surface area (Å²) in [6.45, 7) is 5.13. The standard InChI is InChI=1S/C16H24N2O/c1-3-4-13-5-7-14(8-6-13)16(19)11-15-12-17-9-10-18(15)2/h5-8,15,17H,3-4,9-12H2,1-2H3. The molecule has 1 aliphatic rings. The smallest absolute Gasteiger partial charge is 0.164 e. The number of likely N-dealkylation sites (N-methyl/N-ethyl adjacent to an activating group) is 1. The highest BCUT2D eigenvalue weighted by Crippen LogP contribution is 2.12. The lowest BCUT2D eigenvalue weighted by Crippen LogP contribution is -2.49. The molecule has 0 radical (unpaired) electrons. The fraction of sp³-hybridized carbons (Fsp3) is 0.562. The van der Waals surface area contributed by atoms with Crippen molar-refractivity contribution < 1.29 is 4.79 Å². The molecule has 1 unspecified atom stereocenters. The molecule has 19 heavy (non-hydrogen) atoms. The number of carbonyl (C=O) groups excluding carboxylic acids is 1. The van der Waals surface area contributed by atoms with Crippen molar-refractivity contribution in [2.75, 3.05) is 26.7 Å². The van der Waals surface area contributed by atoms with Crippen molar-refractivity contribution in [3.63, 3.8) is 0 Å². The summed E-state index contributed by atoms with van der Waals surface area (Å²) >= 11 is 0. The van der Waals surface area contributed by atoms with Crippen molar-refractivity contribution in [1.29, 1.82) is 0 Å². The van der Waals surface area contributed by atoms with Gasteiger partial charge in [-0.3, -0.25) is 4.79 Å². The van der Waals surface area contributed by atoms with Crippen LogP contribution in [-0.4, -0.2) is 43.4 Å². The maximum atomic E-state index is 12.3. The number of piperazine rings is 1. The third-order valence-electron chi connectivity index (χ3n) is 3.88. The number of carbonyl (C=O) groups is 1. The zero-order valence-electron chi connectivity index (χ0n) is 12.0. The Morgan fingerprint density at radius 3 is 2.74 bits per heavy atom. The van der Waals surface area contributed by atoms with Gasteiger partial charge in [-0.2, -0.15) is 0 Å². The number of rotatable bonds is 5. The van der Waals surface area contributed by atoms with Crippen LogP contribution < -0.4 is 5.32 Å². The van der Waals surface area contributed by atoms with Crippen LogP contribution in [0.4, 0.5) is 0 Å². The first-order valence-electron chi connectivity index (χ1n) is 7.23. The predicted molar refractivity (Wildman–Crippen MR) is 78.7 cm³/mol. The molecule has 1 saturated heterocycles. The van der Waals surface area contributed by atoms with Crippen LogP contribution in [0, 0.1) is 0 Å². The van der Waals surface area contributed by atoms with Crippen molar-refractivity contribution >= 4 is 5.78 Å². The van der Waals surface area contributed by atoms with Gasteiger partial charge < -0.3 is 10.2 Å². The maximum Gasteiger partial charge on any atom is 0.164 e. The molecule has 1 atom stereocenters. The minimum absolute atomic E-state index is 0.253. The molecule has 0 saturated carbocycles. The minimum Gasteiger partial charge on any atom is -0.314 e. The summed E-state index contributed by atoms with van der Waals surface area (Å²) in [6.07, 6.45) is 2.84. The lowest BCUT2D eigenvalue weighted by molar-refractivity contribution is 0.0917. The Hall–Kier alpha value is -1.19. The van der Waals surface area contributed by atoms with E-state index >= 15 is 0 Å². The molecule has 104 valence electrons. The van der Waals surface area contributed by atoms with Crippen molar-refractivity contribution in [1.82, 2.24) is 10.2 Å². The molecule has 1 fully saturated rings. The molecule has 1 aromatic rings. The van der Waals surface area contributed by atoms with Crippen LogP contribution in [0.1, 0.15) is 35.7 Å². The third kappa shape index (κ3) is 3.88. The normalized spacial score (nSPS) is 20.4. The van der Waals surface area contributed by atoms with Gasteiger partial charge in [0.25, 0.3) is 0 Å². The molecule has 3 nitrogen and oxygen atoms in total. The molecule has 0 aliphatic carbocycles. The summed E-state index contributed by atoms with van der Waals surface area (Å²) < 4.78 is 0. The zero-order valence-corrected chi connectivity index (χ0v) is 12.0. The SMILES string of the molecule is CCCc1ccc(C(=O)CC2CNCCN2C)cc1. The number of hydrogen-bond acceptors (Lipinski definition) is 3. The average molecular weight is 260 g/mol. The molecule has 3 heteroatoms. The molecule has 1 heterocycles. The molecule has 0 amide bonds. The Morgan fingerprint density at radius 1 is 1.37 bits per heavy atom. The van der Waals surface area contributed by atoms with Crippen LogP contribution in [0.2, 0.25) is 0 Å². The van der Waals surface area contributed by atoms with Gasteiger partial charge in [-0.15, -0.1) is 0 Å². The number of hydrogen-bond donors (Lipinski definition) is 1. The van der Waals surface area contributed by atoms with Crippen LogP contribution >= 0.6 is 0 Å². The van der Waals surface area contributed by atoms with Gasteiger partial charge in [0, 0.05) is 37.7 Å². The molecular weight excluding hydrogens is 236 g/mol. The van der Waals surface area contributed by atoms with E-state index in [2.05, 4.69) is 36.3 Å². The molecule has 1 aliphatic heterocycles. The van der Waals surface area contributed by atoms with Crippen molar-refractivity contribution in [3.8, 4) is 0 Å². The Bertz CT molecular complexity index is 413. The molecule has 0 bridgehead atoms. The van der Waals surface area contributed by atoms with E-state index in [1.807, 2.05) is 12.1 Å². The Labute approximate surface area is 116 Å². The number of benzene rings is 1. The van der Waals surface area contributed by atoms with Gasteiger partial charge in [-0.05, 0) is 19.0 Å². The van der Waals surface area contributed by atoms with E-state index in [1.54, 1.807) is 0 Å². The highest BCUT2D eigenvalue weighted by molar-refractivity contribution is 5.96. The van der Waals surface area contributed by atoms with E-state index in [-0.39, 0.29) is 5.78 Å². The number of Topliss-reactive ketones (excluding diaryl/α,β-unsaturated/α-hetero) is 1. The van der Waals surface area contributed by atoms with E-state index < -0.39 is 0 Å². The number of ketones is 1. The molecule has 0 aromatic heterocycles. The first-order valence-corrected chi connectivity index (χ1v) is 7.23. The average Bonchev–Trinajstić information content (AvgIpc) is 2.42. The third-order valence-corrected chi connectivity index (χ3v) is 3.88. The van der Waals surface area contributed by atoms with Crippen LogP contribution in [0.25, 0.3) is 0 Å². The lowest BCUT2D eigenvalue weighted by Gasteiger charge is -2.32. The number of nitrogens with one attached hydrogen (secondary N) is 1. The highest BCUT2D eigenvalue weighted by atomic mass is 16.1. The van der Waals surface area contributed by atoms with Gasteiger partial charge in [-0.1, -0.05) is 37.6 Å². The Morgan fingerprint density at radius 2 is 2.11 bits per heavy atom. The Balaban J connectivity index is 1.95. The van der Waals surface area contributed by atoms with E-state index in [1.165, 1.54) is 5.56 Å². The van der Waals surface area contributed by atoms with Gasteiger partial charge in [0.1, 0.15) is 0 Å². The van der Waals surface area contributed by atoms with Crippen molar-refractivity contribution in [3.05, 3.63) is 35.4 Å². The van der Waals surface area contributed by atoms with E-state index in [0.29, 0.717) is 12.5 Å². The van der Waals surface area contributed by atoms with Gasteiger partial charge >= 0.3 is 0 Å². The van der Waals surface area contributed by atoms with E-state index in [9.17, 15) is 4.79 Å². The van der Waals surface area contributed by atoms with E-state index in [0.717, 1.165) is 38.0 Å². The fourth-order valence-electron chi connectivity index (χ4n) is 2.57. The zero-order chi connectivity index (χ0) is 13.7. The maximum absolute atomic E-state index is 12.3. The summed E-state index contributed by atoms with van der Waals surface area (Å²) in [5, 5.41) is 3.35. The van der Waals surface area contributed by atoms with Crippen LogP contribution in [0.5, 0.6) is 0 Å². The van der Waals surface area contributed by atoms with Crippen molar-refractivity contribution in [2.45, 2.75) is 32.2 Å². The second-order valence-corrected chi connectivity index (χ2v) is 5.41. The van der Waals surface area contributed by atoms with Gasteiger partial charge in [-0.25, -0.2) is 0 Å². The number of aryl methyl sites for hydroxylation is 1. The van der Waals surface area contributed by atoms with Crippen LogP contribution in [0.15, 0.2) is 24.3 Å². The summed E-state index contributed by atoms with van der Waals surface area (Å²) in [5.41, 5.74) is 2.16. The van der Waals surface area contributed by atoms with Crippen LogP contribution in [-0.2, 0) is 6.42 Å². The van der Waals surface area contributed by atoms with Crippen molar-refractivity contribution in [2.24, 2.45) is 0 Å². The largest absolute Gasteiger partial charge is 0.314 e. The monoisotopic (exact) mass is 260 g/mol. The van der Waals surface area contributed by atoms with Gasteiger partial charge in [0.2, 0.25) is 0 Å². The fourth-order valence-corrected chi connectivity index (χ4v) is 2.57. The molecule has 1 N–H and O–H groups in total. The second-order valence-electron chi connectivity index (χ2n) is 5.41. The number of nitrogens with zero attached hydrogens (tertiary/aromatic N) is 1.